The van der Waals surface area contributed by atoms with Gasteiger partial charge in [-0.15, -0.1) is 0 Å². The van der Waals surface area contributed by atoms with Crippen molar-refractivity contribution in [1.82, 2.24) is 4.98 Å². The maximum absolute atomic E-state index is 11.9. The second-order valence-corrected chi connectivity index (χ2v) is 5.22. The monoisotopic (exact) mass is 341 g/mol. The van der Waals surface area contributed by atoms with Gasteiger partial charge in [0.25, 0.3) is 0 Å². The van der Waals surface area contributed by atoms with Crippen molar-refractivity contribution in [3.8, 4) is 17.4 Å². The van der Waals surface area contributed by atoms with Gasteiger partial charge in [-0.25, -0.2) is 9.78 Å². The van der Waals surface area contributed by atoms with Crippen molar-refractivity contribution in [2.24, 2.45) is 4.99 Å². The Hall–Kier alpha value is -3.12. The first-order valence-electron chi connectivity index (χ1n) is 6.85. The zero-order chi connectivity index (χ0) is 17.1. The molecule has 0 radical (unpaired) electrons. The third kappa shape index (κ3) is 3.28. The first kappa shape index (κ1) is 15.8. The maximum atomic E-state index is 11.9. The second kappa shape index (κ2) is 6.55. The molecule has 120 valence electrons. The van der Waals surface area contributed by atoms with Crippen LogP contribution in [0.1, 0.15) is 16.1 Å². The first-order valence-corrected chi connectivity index (χ1v) is 7.22. The van der Waals surface area contributed by atoms with Crippen LogP contribution in [-0.4, -0.2) is 22.3 Å². The predicted octanol–water partition coefficient (Wildman–Crippen LogP) is 3.52. The number of hydrogen-bond acceptors (Lipinski definition) is 5. The van der Waals surface area contributed by atoms with E-state index in [1.54, 1.807) is 24.3 Å². The highest BCUT2D eigenvalue weighted by Gasteiger charge is 2.10. The van der Waals surface area contributed by atoms with Crippen LogP contribution in [0.5, 0.6) is 5.95 Å². The number of aromatic carboxylic acids is 1. The summed E-state index contributed by atoms with van der Waals surface area (Å²) < 4.78 is 5.09. The van der Waals surface area contributed by atoms with Gasteiger partial charge in [0.1, 0.15) is 11.6 Å². The standard InChI is InChI=1S/C17H11ClN2O4/c18-11-6-7-12(16(21)22)13(8-11)19-9-14-17(23)24-15(20-14)10-4-2-1-3-5-10/h1-9,23H,(H,21,22)/p-1. The summed E-state index contributed by atoms with van der Waals surface area (Å²) in [7, 11) is 0. The van der Waals surface area contributed by atoms with E-state index in [0.29, 0.717) is 10.6 Å². The van der Waals surface area contributed by atoms with Crippen LogP contribution in [0.4, 0.5) is 5.69 Å². The lowest BCUT2D eigenvalue weighted by Crippen LogP contribution is -1.97. The Labute approximate surface area is 141 Å². The van der Waals surface area contributed by atoms with Crippen LogP contribution in [0.15, 0.2) is 57.9 Å². The number of nitrogens with zero attached hydrogens (tertiary/aromatic N) is 2. The molecule has 0 saturated carbocycles. The molecule has 0 bridgehead atoms. The Morgan fingerprint density at radius 1 is 1.25 bits per heavy atom. The highest BCUT2D eigenvalue weighted by atomic mass is 35.5. The lowest BCUT2D eigenvalue weighted by atomic mass is 10.2. The molecule has 7 heteroatoms. The predicted molar refractivity (Wildman–Crippen MR) is 87.1 cm³/mol. The molecule has 6 nitrogen and oxygen atoms in total. The normalized spacial score (nSPS) is 11.0. The van der Waals surface area contributed by atoms with Crippen molar-refractivity contribution in [2.45, 2.75) is 0 Å². The zero-order valence-electron chi connectivity index (χ0n) is 12.1. The van der Waals surface area contributed by atoms with E-state index in [-0.39, 0.29) is 22.8 Å². The van der Waals surface area contributed by atoms with E-state index in [0.717, 1.165) is 6.21 Å². The Kier molecular flexibility index (Phi) is 4.31. The van der Waals surface area contributed by atoms with Crippen molar-refractivity contribution in [2.75, 3.05) is 0 Å². The molecule has 0 saturated heterocycles. The number of oxazole rings is 1. The van der Waals surface area contributed by atoms with Gasteiger partial charge in [-0.2, -0.15) is 0 Å². The minimum atomic E-state index is -1.15. The van der Waals surface area contributed by atoms with Gasteiger partial charge >= 0.3 is 5.97 Å². The molecule has 0 unspecified atom stereocenters. The molecule has 0 aliphatic rings. The molecule has 3 aromatic rings. The summed E-state index contributed by atoms with van der Waals surface area (Å²) in [5.74, 6) is -1.63. The van der Waals surface area contributed by atoms with E-state index in [1.807, 2.05) is 6.07 Å². The fraction of sp³-hybridized carbons (Fsp3) is 0. The van der Waals surface area contributed by atoms with Crippen molar-refractivity contribution in [1.29, 1.82) is 0 Å². The number of carboxylic acids is 1. The van der Waals surface area contributed by atoms with Crippen LogP contribution in [0.25, 0.3) is 11.5 Å². The Balaban J connectivity index is 1.95. The van der Waals surface area contributed by atoms with Crippen LogP contribution in [0.3, 0.4) is 0 Å². The molecule has 1 heterocycles. The van der Waals surface area contributed by atoms with Crippen LogP contribution in [0, 0.1) is 0 Å². The summed E-state index contributed by atoms with van der Waals surface area (Å²) in [6.45, 7) is 0. The molecule has 0 amide bonds. The lowest BCUT2D eigenvalue weighted by Gasteiger charge is -2.01. The second-order valence-electron chi connectivity index (χ2n) is 4.78. The third-order valence-corrected chi connectivity index (χ3v) is 3.39. The Morgan fingerprint density at radius 3 is 2.71 bits per heavy atom. The van der Waals surface area contributed by atoms with E-state index < -0.39 is 11.9 Å². The number of aromatic nitrogens is 1. The van der Waals surface area contributed by atoms with Gasteiger partial charge in [0.2, 0.25) is 0 Å². The highest BCUT2D eigenvalue weighted by Crippen LogP contribution is 2.26. The summed E-state index contributed by atoms with van der Waals surface area (Å²) in [5.41, 5.74) is 0.724. The van der Waals surface area contributed by atoms with E-state index in [9.17, 15) is 9.90 Å². The third-order valence-electron chi connectivity index (χ3n) is 3.16. The number of benzene rings is 2. The molecule has 0 aliphatic heterocycles. The quantitative estimate of drug-likeness (QED) is 0.732. The van der Waals surface area contributed by atoms with E-state index in [4.69, 9.17) is 21.1 Å². The summed E-state index contributed by atoms with van der Waals surface area (Å²) in [4.78, 5) is 19.3. The van der Waals surface area contributed by atoms with Gasteiger partial charge in [0.15, 0.2) is 0 Å². The summed E-state index contributed by atoms with van der Waals surface area (Å²) >= 11 is 5.86. The molecule has 0 atom stereocenters. The molecule has 0 spiro atoms. The summed E-state index contributed by atoms with van der Waals surface area (Å²) in [6, 6.07) is 13.1. The molecule has 3 rings (SSSR count). The van der Waals surface area contributed by atoms with Crippen LogP contribution in [-0.2, 0) is 0 Å². The fourth-order valence-electron chi connectivity index (χ4n) is 2.03. The summed E-state index contributed by atoms with van der Waals surface area (Å²) in [6.07, 6.45) is 1.16. The van der Waals surface area contributed by atoms with Gasteiger partial charge < -0.3 is 14.6 Å². The molecular formula is C17H10ClN2O4-. The molecular weight excluding hydrogens is 332 g/mol. The Morgan fingerprint density at radius 2 is 2.00 bits per heavy atom. The topological polar surface area (TPSA) is 98.8 Å². The zero-order valence-corrected chi connectivity index (χ0v) is 12.9. The minimum Gasteiger partial charge on any atom is -0.562 e. The number of carbonyl (C=O) groups is 1. The molecule has 2 aromatic carbocycles. The average molecular weight is 342 g/mol. The first-order chi connectivity index (χ1) is 11.5. The van der Waals surface area contributed by atoms with Crippen LogP contribution in [0.2, 0.25) is 5.02 Å². The number of carboxylic acid groups (broad SMARTS) is 1. The highest BCUT2D eigenvalue weighted by molar-refractivity contribution is 6.31. The van der Waals surface area contributed by atoms with Gasteiger partial charge in [0.05, 0.1) is 23.4 Å². The molecule has 0 aliphatic carbocycles. The lowest BCUT2D eigenvalue weighted by molar-refractivity contribution is -0.293. The van der Waals surface area contributed by atoms with Gasteiger partial charge in [0, 0.05) is 10.6 Å². The van der Waals surface area contributed by atoms with Crippen molar-refractivity contribution in [3.63, 3.8) is 0 Å². The fourth-order valence-corrected chi connectivity index (χ4v) is 2.19. The minimum absolute atomic E-state index is 0.0230. The van der Waals surface area contributed by atoms with Crippen molar-refractivity contribution in [3.05, 3.63) is 64.8 Å². The van der Waals surface area contributed by atoms with Crippen LogP contribution >= 0.6 is 11.6 Å². The number of hydrogen-bond donors (Lipinski definition) is 1. The molecule has 1 aromatic heterocycles. The smallest absolute Gasteiger partial charge is 0.337 e. The van der Waals surface area contributed by atoms with Crippen molar-refractivity contribution >= 4 is 29.5 Å². The maximum Gasteiger partial charge on any atom is 0.337 e. The number of aliphatic imine (C=N–C) groups is 1. The van der Waals surface area contributed by atoms with Gasteiger partial charge in [-0.1, -0.05) is 41.9 Å². The number of halogens is 1. The Bertz CT molecular complexity index is 920. The van der Waals surface area contributed by atoms with E-state index >= 15 is 0 Å². The van der Waals surface area contributed by atoms with Crippen molar-refractivity contribution < 1.29 is 19.4 Å². The van der Waals surface area contributed by atoms with E-state index in [1.165, 1.54) is 18.2 Å². The molecule has 24 heavy (non-hydrogen) atoms. The SMILES string of the molecule is O=C(O)c1ccc(Cl)cc1N=Cc1nc(-c2ccccc2)oc1[O-]. The van der Waals surface area contributed by atoms with Crippen LogP contribution < -0.4 is 5.11 Å². The molecule has 1 N–H and O–H groups in total. The largest absolute Gasteiger partial charge is 0.562 e. The number of rotatable bonds is 4. The average Bonchev–Trinajstić information content (AvgIpc) is 2.94. The van der Waals surface area contributed by atoms with Gasteiger partial charge in [-0.3, -0.25) is 4.99 Å². The molecule has 0 fully saturated rings. The van der Waals surface area contributed by atoms with E-state index in [2.05, 4.69) is 9.98 Å². The van der Waals surface area contributed by atoms with Gasteiger partial charge in [-0.05, 0) is 18.2 Å². The summed E-state index contributed by atoms with van der Waals surface area (Å²) in [5, 5.41) is 21.3.